The second-order valence-corrected chi connectivity index (χ2v) is 5.86. The molecule has 5 nitrogen and oxygen atoms in total. The molecule has 0 amide bonds. The molecule has 110 valence electrons. The monoisotopic (exact) mass is 277 g/mol. The zero-order chi connectivity index (χ0) is 14.0. The van der Waals surface area contributed by atoms with E-state index in [1.807, 2.05) is 19.3 Å². The van der Waals surface area contributed by atoms with E-state index in [0.717, 1.165) is 56.9 Å². The molecule has 2 aliphatic rings. The van der Waals surface area contributed by atoms with Gasteiger partial charge in [-0.3, -0.25) is 4.90 Å². The van der Waals surface area contributed by atoms with E-state index < -0.39 is 0 Å². The highest BCUT2D eigenvalue weighted by atomic mass is 16.5. The fraction of sp³-hybridized carbons (Fsp3) is 0.733. The van der Waals surface area contributed by atoms with Crippen LogP contribution in [0.2, 0.25) is 0 Å². The smallest absolute Gasteiger partial charge is 0.125 e. The number of hydrogen-bond acceptors (Lipinski definition) is 5. The number of aromatic nitrogens is 2. The van der Waals surface area contributed by atoms with Crippen molar-refractivity contribution in [3.8, 4) is 0 Å². The first-order chi connectivity index (χ1) is 9.72. The van der Waals surface area contributed by atoms with Crippen LogP contribution in [0.1, 0.15) is 30.7 Å². The van der Waals surface area contributed by atoms with Crippen LogP contribution in [0, 0.1) is 6.92 Å². The maximum atomic E-state index is 6.02. The zero-order valence-electron chi connectivity index (χ0n) is 12.3. The Kier molecular flexibility index (Phi) is 4.01. The molecule has 5 heteroatoms. The highest BCUT2D eigenvalue weighted by molar-refractivity contribution is 5.06. The van der Waals surface area contributed by atoms with Crippen LogP contribution in [0.3, 0.4) is 0 Å². The van der Waals surface area contributed by atoms with Crippen LogP contribution in [0.5, 0.6) is 0 Å². The first-order valence-electron chi connectivity index (χ1n) is 7.38. The first-order valence-corrected chi connectivity index (χ1v) is 7.38. The number of likely N-dealkylation sites (tertiary alicyclic amines) is 1. The molecule has 0 radical (unpaired) electrons. The van der Waals surface area contributed by atoms with E-state index in [0.29, 0.717) is 0 Å². The Hall–Kier alpha value is -1.04. The fourth-order valence-corrected chi connectivity index (χ4v) is 3.36. The van der Waals surface area contributed by atoms with Gasteiger partial charge in [0.15, 0.2) is 0 Å². The van der Waals surface area contributed by atoms with Crippen LogP contribution in [0.4, 0.5) is 0 Å². The van der Waals surface area contributed by atoms with Crippen molar-refractivity contribution in [1.29, 1.82) is 0 Å². The third-order valence-electron chi connectivity index (χ3n) is 4.52. The van der Waals surface area contributed by atoms with Gasteiger partial charge in [0.25, 0.3) is 0 Å². The Labute approximate surface area is 120 Å². The van der Waals surface area contributed by atoms with Gasteiger partial charge in [0.05, 0.1) is 11.7 Å². The average molecular weight is 277 g/mol. The lowest BCUT2D eigenvalue weighted by Crippen LogP contribution is -2.55. The van der Waals surface area contributed by atoms with E-state index in [2.05, 4.69) is 14.9 Å². The van der Waals surface area contributed by atoms with Gasteiger partial charge in [-0.15, -0.1) is 0 Å². The van der Waals surface area contributed by atoms with Gasteiger partial charge in [0.2, 0.25) is 0 Å². The highest BCUT2D eigenvalue weighted by Gasteiger charge is 2.46. The molecule has 1 aromatic heterocycles. The number of methoxy groups -OCH3 is 1. The van der Waals surface area contributed by atoms with Gasteiger partial charge in [-0.2, -0.15) is 0 Å². The molecule has 0 saturated carbocycles. The fourth-order valence-electron chi connectivity index (χ4n) is 3.36. The lowest BCUT2D eigenvalue weighted by atomic mass is 9.85. The molecule has 0 aliphatic carbocycles. The van der Waals surface area contributed by atoms with Gasteiger partial charge >= 0.3 is 0 Å². The van der Waals surface area contributed by atoms with Gasteiger partial charge < -0.3 is 9.47 Å². The molecular weight excluding hydrogens is 254 g/mol. The van der Waals surface area contributed by atoms with Crippen molar-refractivity contribution in [2.75, 3.05) is 26.8 Å². The Morgan fingerprint density at radius 2 is 2.20 bits per heavy atom. The maximum absolute atomic E-state index is 6.02. The Bertz CT molecular complexity index is 443. The van der Waals surface area contributed by atoms with Crippen molar-refractivity contribution in [1.82, 2.24) is 14.9 Å². The highest BCUT2D eigenvalue weighted by Crippen LogP contribution is 2.37. The minimum atomic E-state index is -0.0327. The predicted octanol–water partition coefficient (Wildman–Crippen LogP) is 1.55. The SMILES string of the molecule is CO[C@H]1CN(Cc2cnc(C)nc2)CC[C@@]12CCCO2. The van der Waals surface area contributed by atoms with E-state index >= 15 is 0 Å². The van der Waals surface area contributed by atoms with Crippen LogP contribution >= 0.6 is 0 Å². The molecule has 2 aliphatic heterocycles. The Balaban J connectivity index is 1.64. The molecule has 0 unspecified atom stereocenters. The third-order valence-corrected chi connectivity index (χ3v) is 4.52. The average Bonchev–Trinajstić information content (AvgIpc) is 2.93. The summed E-state index contributed by atoms with van der Waals surface area (Å²) in [7, 11) is 1.80. The summed E-state index contributed by atoms with van der Waals surface area (Å²) in [5.74, 6) is 0.820. The maximum Gasteiger partial charge on any atom is 0.125 e. The van der Waals surface area contributed by atoms with Crippen molar-refractivity contribution in [2.24, 2.45) is 0 Å². The van der Waals surface area contributed by atoms with Gasteiger partial charge in [0, 0.05) is 51.3 Å². The van der Waals surface area contributed by atoms with Gasteiger partial charge in [0.1, 0.15) is 5.82 Å². The molecule has 2 fully saturated rings. The van der Waals surface area contributed by atoms with Crippen molar-refractivity contribution < 1.29 is 9.47 Å². The predicted molar refractivity (Wildman–Crippen MR) is 75.4 cm³/mol. The minimum absolute atomic E-state index is 0.0327. The normalized spacial score (nSPS) is 31.0. The van der Waals surface area contributed by atoms with Crippen molar-refractivity contribution in [3.63, 3.8) is 0 Å². The number of ether oxygens (including phenoxy) is 2. The number of aryl methyl sites for hydroxylation is 1. The van der Waals surface area contributed by atoms with Crippen LogP contribution in [0.25, 0.3) is 0 Å². The summed E-state index contributed by atoms with van der Waals surface area (Å²) >= 11 is 0. The molecule has 0 N–H and O–H groups in total. The molecular formula is C15H23N3O2. The number of nitrogens with zero attached hydrogens (tertiary/aromatic N) is 3. The van der Waals surface area contributed by atoms with E-state index in [9.17, 15) is 0 Å². The number of rotatable bonds is 3. The topological polar surface area (TPSA) is 47.5 Å². The zero-order valence-corrected chi connectivity index (χ0v) is 12.3. The summed E-state index contributed by atoms with van der Waals surface area (Å²) in [6.07, 6.45) is 7.35. The Morgan fingerprint density at radius 3 is 2.85 bits per heavy atom. The second-order valence-electron chi connectivity index (χ2n) is 5.86. The minimum Gasteiger partial charge on any atom is -0.377 e. The summed E-state index contributed by atoms with van der Waals surface area (Å²) in [5, 5.41) is 0. The van der Waals surface area contributed by atoms with Crippen LogP contribution < -0.4 is 0 Å². The molecule has 3 heterocycles. The lowest BCUT2D eigenvalue weighted by molar-refractivity contribution is -0.143. The Morgan fingerprint density at radius 1 is 1.40 bits per heavy atom. The molecule has 2 atom stereocenters. The molecule has 1 spiro atoms. The quantitative estimate of drug-likeness (QED) is 0.839. The molecule has 20 heavy (non-hydrogen) atoms. The number of piperidine rings is 1. The van der Waals surface area contributed by atoms with Crippen LogP contribution in [-0.2, 0) is 16.0 Å². The molecule has 0 bridgehead atoms. The summed E-state index contributed by atoms with van der Waals surface area (Å²) in [5.41, 5.74) is 1.13. The first kappa shape index (κ1) is 13.9. The third kappa shape index (κ3) is 2.71. The van der Waals surface area contributed by atoms with Crippen molar-refractivity contribution in [3.05, 3.63) is 23.8 Å². The summed E-state index contributed by atoms with van der Waals surface area (Å²) in [6.45, 7) is 5.65. The molecule has 2 saturated heterocycles. The molecule has 3 rings (SSSR count). The molecule has 1 aromatic rings. The van der Waals surface area contributed by atoms with Crippen LogP contribution in [-0.4, -0.2) is 53.4 Å². The van der Waals surface area contributed by atoms with Crippen molar-refractivity contribution in [2.45, 2.75) is 44.4 Å². The molecule has 0 aromatic carbocycles. The van der Waals surface area contributed by atoms with E-state index in [4.69, 9.17) is 9.47 Å². The summed E-state index contributed by atoms with van der Waals surface area (Å²) in [4.78, 5) is 10.9. The largest absolute Gasteiger partial charge is 0.377 e. The van der Waals surface area contributed by atoms with Crippen LogP contribution in [0.15, 0.2) is 12.4 Å². The van der Waals surface area contributed by atoms with Gasteiger partial charge in [-0.05, 0) is 26.2 Å². The van der Waals surface area contributed by atoms with E-state index in [1.165, 1.54) is 0 Å². The van der Waals surface area contributed by atoms with Gasteiger partial charge in [-0.1, -0.05) is 0 Å². The lowest BCUT2D eigenvalue weighted by Gasteiger charge is -2.44. The van der Waals surface area contributed by atoms with E-state index in [-0.39, 0.29) is 11.7 Å². The van der Waals surface area contributed by atoms with Gasteiger partial charge in [-0.25, -0.2) is 9.97 Å². The second kappa shape index (κ2) is 5.76. The van der Waals surface area contributed by atoms with E-state index in [1.54, 1.807) is 7.11 Å². The standard InChI is InChI=1S/C15H23N3O2/c1-12-16-8-13(9-17-12)10-18-6-5-15(4-3-7-20-15)14(11-18)19-2/h8-9,14H,3-7,10-11H2,1-2H3/t14-,15-/m0/s1. The van der Waals surface area contributed by atoms with Crippen molar-refractivity contribution >= 4 is 0 Å². The summed E-state index contributed by atoms with van der Waals surface area (Å²) < 4.78 is 11.7. The number of hydrogen-bond donors (Lipinski definition) is 0. The summed E-state index contributed by atoms with van der Waals surface area (Å²) in [6, 6.07) is 0.